The van der Waals surface area contributed by atoms with Gasteiger partial charge in [0.25, 0.3) is 0 Å². The molecule has 0 unspecified atom stereocenters. The second kappa shape index (κ2) is 11.5. The van der Waals surface area contributed by atoms with Gasteiger partial charge in [-0.25, -0.2) is 9.59 Å². The first-order valence-corrected chi connectivity index (χ1v) is 7.51. The van der Waals surface area contributed by atoms with E-state index in [1.54, 1.807) is 0 Å². The summed E-state index contributed by atoms with van der Waals surface area (Å²) in [6, 6.07) is 0.761. The average molecular weight is 303 g/mol. The number of aliphatic carboxylic acids is 2. The van der Waals surface area contributed by atoms with E-state index in [4.69, 9.17) is 19.8 Å². The molecule has 1 aliphatic rings. The lowest BCUT2D eigenvalue weighted by Crippen LogP contribution is -2.43. The molecule has 1 rings (SSSR count). The lowest BCUT2D eigenvalue weighted by Gasteiger charge is -2.30. The molecule has 1 fully saturated rings. The van der Waals surface area contributed by atoms with E-state index < -0.39 is 11.9 Å². The molecule has 1 aliphatic heterocycles. The first kappa shape index (κ1) is 19.8. The van der Waals surface area contributed by atoms with Gasteiger partial charge >= 0.3 is 11.9 Å². The highest BCUT2D eigenvalue weighted by Crippen LogP contribution is 2.07. The first-order valence-electron chi connectivity index (χ1n) is 7.51. The van der Waals surface area contributed by atoms with Crippen molar-refractivity contribution in [2.75, 3.05) is 46.3 Å². The molecule has 21 heavy (non-hydrogen) atoms. The zero-order valence-electron chi connectivity index (χ0n) is 13.3. The van der Waals surface area contributed by atoms with Gasteiger partial charge in [-0.15, -0.1) is 0 Å². The van der Waals surface area contributed by atoms with Crippen LogP contribution in [0.4, 0.5) is 0 Å². The lowest BCUT2D eigenvalue weighted by molar-refractivity contribution is -0.159. The standard InChI is InChI=1S/C12H27N3.C2H2O4/c1-4-15(5-2)11-8-13-12-6-9-14(3)10-7-12;3-1(4)2(5)6/h12-13H,4-11H2,1-3H3;(H,3,4)(H,5,6). The van der Waals surface area contributed by atoms with E-state index in [9.17, 15) is 0 Å². The summed E-state index contributed by atoms with van der Waals surface area (Å²) < 4.78 is 0. The van der Waals surface area contributed by atoms with Crippen molar-refractivity contribution >= 4 is 11.9 Å². The monoisotopic (exact) mass is 303 g/mol. The molecule has 0 aliphatic carbocycles. The Balaban J connectivity index is 0.000000567. The number of nitrogens with zero attached hydrogens (tertiary/aromatic N) is 2. The van der Waals surface area contributed by atoms with Gasteiger partial charge in [-0.3, -0.25) is 0 Å². The number of piperidine rings is 1. The largest absolute Gasteiger partial charge is 0.473 e. The molecule has 0 aromatic heterocycles. The summed E-state index contributed by atoms with van der Waals surface area (Å²) in [5.41, 5.74) is 0. The fourth-order valence-corrected chi connectivity index (χ4v) is 2.18. The molecule has 0 saturated carbocycles. The second-order valence-corrected chi connectivity index (χ2v) is 5.17. The average Bonchev–Trinajstić information content (AvgIpc) is 2.46. The first-order chi connectivity index (χ1) is 9.90. The molecule has 0 amide bonds. The van der Waals surface area contributed by atoms with Crippen molar-refractivity contribution in [2.24, 2.45) is 0 Å². The van der Waals surface area contributed by atoms with Gasteiger partial charge in [0.2, 0.25) is 0 Å². The fraction of sp³-hybridized carbons (Fsp3) is 0.857. The number of rotatable bonds is 6. The van der Waals surface area contributed by atoms with Gasteiger partial charge in [0.05, 0.1) is 0 Å². The summed E-state index contributed by atoms with van der Waals surface area (Å²) in [6.45, 7) is 11.7. The number of nitrogens with one attached hydrogen (secondary N) is 1. The molecular formula is C14H29N3O4. The topological polar surface area (TPSA) is 93.1 Å². The van der Waals surface area contributed by atoms with Crippen molar-refractivity contribution in [1.82, 2.24) is 15.1 Å². The molecule has 0 spiro atoms. The van der Waals surface area contributed by atoms with Crippen molar-refractivity contribution in [2.45, 2.75) is 32.7 Å². The van der Waals surface area contributed by atoms with Crippen LogP contribution in [0.3, 0.4) is 0 Å². The van der Waals surface area contributed by atoms with Gasteiger partial charge in [0.1, 0.15) is 0 Å². The number of carbonyl (C=O) groups is 2. The van der Waals surface area contributed by atoms with E-state index in [1.165, 1.54) is 45.6 Å². The predicted octanol–water partition coefficient (Wildman–Crippen LogP) is 0.168. The smallest absolute Gasteiger partial charge is 0.414 e. The Bertz CT molecular complexity index is 289. The van der Waals surface area contributed by atoms with E-state index >= 15 is 0 Å². The molecule has 0 radical (unpaired) electrons. The zero-order chi connectivity index (χ0) is 16.3. The maximum Gasteiger partial charge on any atom is 0.414 e. The number of likely N-dealkylation sites (N-methyl/N-ethyl adjacent to an activating group) is 1. The molecule has 124 valence electrons. The van der Waals surface area contributed by atoms with Crippen molar-refractivity contribution in [1.29, 1.82) is 0 Å². The molecule has 0 aromatic carbocycles. The summed E-state index contributed by atoms with van der Waals surface area (Å²) in [7, 11) is 2.21. The summed E-state index contributed by atoms with van der Waals surface area (Å²) in [6.07, 6.45) is 2.63. The highest BCUT2D eigenvalue weighted by atomic mass is 16.4. The molecule has 0 aromatic rings. The van der Waals surface area contributed by atoms with Crippen LogP contribution in [0.25, 0.3) is 0 Å². The minimum Gasteiger partial charge on any atom is -0.473 e. The Kier molecular flexibility index (Phi) is 10.8. The Morgan fingerprint density at radius 1 is 1.14 bits per heavy atom. The number of likely N-dealkylation sites (tertiary alicyclic amines) is 1. The van der Waals surface area contributed by atoms with Gasteiger partial charge in [-0.1, -0.05) is 13.8 Å². The van der Waals surface area contributed by atoms with Crippen molar-refractivity contribution in [3.63, 3.8) is 0 Å². The van der Waals surface area contributed by atoms with Crippen LogP contribution in [0.1, 0.15) is 26.7 Å². The van der Waals surface area contributed by atoms with E-state index in [1.807, 2.05) is 0 Å². The number of hydrogen-bond donors (Lipinski definition) is 3. The predicted molar refractivity (Wildman–Crippen MR) is 81.6 cm³/mol. The highest BCUT2D eigenvalue weighted by Gasteiger charge is 2.15. The summed E-state index contributed by atoms with van der Waals surface area (Å²) in [5, 5.41) is 18.5. The Hall–Kier alpha value is -1.18. The molecule has 7 heteroatoms. The zero-order valence-corrected chi connectivity index (χ0v) is 13.3. The van der Waals surface area contributed by atoms with Crippen LogP contribution in [-0.4, -0.2) is 84.3 Å². The maximum absolute atomic E-state index is 9.10. The van der Waals surface area contributed by atoms with Crippen molar-refractivity contribution in [3.05, 3.63) is 0 Å². The third-order valence-electron chi connectivity index (χ3n) is 3.66. The number of carboxylic acids is 2. The number of hydrogen-bond acceptors (Lipinski definition) is 5. The summed E-state index contributed by atoms with van der Waals surface area (Å²) >= 11 is 0. The summed E-state index contributed by atoms with van der Waals surface area (Å²) in [5.74, 6) is -3.65. The van der Waals surface area contributed by atoms with E-state index in [0.717, 1.165) is 12.6 Å². The molecule has 7 nitrogen and oxygen atoms in total. The third kappa shape index (κ3) is 10.2. The lowest BCUT2D eigenvalue weighted by atomic mass is 10.1. The molecular weight excluding hydrogens is 274 g/mol. The SMILES string of the molecule is CCN(CC)CCNC1CCN(C)CC1.O=C(O)C(=O)O. The Labute approximate surface area is 126 Å². The van der Waals surface area contributed by atoms with Crippen LogP contribution < -0.4 is 5.32 Å². The van der Waals surface area contributed by atoms with Crippen LogP contribution in [-0.2, 0) is 9.59 Å². The Morgan fingerprint density at radius 2 is 1.62 bits per heavy atom. The fourth-order valence-electron chi connectivity index (χ4n) is 2.18. The molecule has 3 N–H and O–H groups in total. The molecule has 0 atom stereocenters. The summed E-state index contributed by atoms with van der Waals surface area (Å²) in [4.78, 5) is 23.1. The van der Waals surface area contributed by atoms with Gasteiger partial charge in [0, 0.05) is 19.1 Å². The minimum absolute atomic E-state index is 0.761. The number of carboxylic acid groups (broad SMARTS) is 2. The molecule has 1 saturated heterocycles. The third-order valence-corrected chi connectivity index (χ3v) is 3.66. The second-order valence-electron chi connectivity index (χ2n) is 5.17. The minimum atomic E-state index is -1.82. The van der Waals surface area contributed by atoms with Crippen LogP contribution >= 0.6 is 0 Å². The van der Waals surface area contributed by atoms with Gasteiger partial charge < -0.3 is 25.3 Å². The van der Waals surface area contributed by atoms with Crippen molar-refractivity contribution < 1.29 is 19.8 Å². The van der Waals surface area contributed by atoms with Crippen LogP contribution in [0.5, 0.6) is 0 Å². The van der Waals surface area contributed by atoms with E-state index in [0.29, 0.717) is 0 Å². The van der Waals surface area contributed by atoms with Gasteiger partial charge in [-0.05, 0) is 46.1 Å². The van der Waals surface area contributed by atoms with Crippen LogP contribution in [0, 0.1) is 0 Å². The molecule has 1 heterocycles. The highest BCUT2D eigenvalue weighted by molar-refractivity contribution is 6.27. The molecule has 0 bridgehead atoms. The van der Waals surface area contributed by atoms with E-state index in [2.05, 4.69) is 36.0 Å². The quantitative estimate of drug-likeness (QED) is 0.602. The normalized spacial score (nSPS) is 16.4. The maximum atomic E-state index is 9.10. The van der Waals surface area contributed by atoms with E-state index in [-0.39, 0.29) is 0 Å². The van der Waals surface area contributed by atoms with Gasteiger partial charge in [0.15, 0.2) is 0 Å². The van der Waals surface area contributed by atoms with Crippen molar-refractivity contribution in [3.8, 4) is 0 Å². The van der Waals surface area contributed by atoms with Gasteiger partial charge in [-0.2, -0.15) is 0 Å². The van der Waals surface area contributed by atoms with Crippen LogP contribution in [0.2, 0.25) is 0 Å². The Morgan fingerprint density at radius 3 is 2.00 bits per heavy atom. The van der Waals surface area contributed by atoms with Crippen LogP contribution in [0.15, 0.2) is 0 Å².